The molecule has 1 heterocycles. The van der Waals surface area contributed by atoms with Crippen molar-refractivity contribution >= 4 is 41.0 Å². The van der Waals surface area contributed by atoms with Crippen molar-refractivity contribution in [2.75, 3.05) is 12.4 Å². The van der Waals surface area contributed by atoms with E-state index < -0.39 is 0 Å². The monoisotopic (exact) mass is 329 g/mol. The van der Waals surface area contributed by atoms with Crippen molar-refractivity contribution in [3.05, 3.63) is 42.0 Å². The average molecular weight is 330 g/mol. The lowest BCUT2D eigenvalue weighted by Crippen LogP contribution is -2.36. The smallest absolute Gasteiger partial charge is 0.243 e. The molecule has 23 heavy (non-hydrogen) atoms. The molecule has 1 atom stereocenters. The van der Waals surface area contributed by atoms with Crippen LogP contribution < -0.4 is 10.6 Å². The molecule has 118 valence electrons. The highest BCUT2D eigenvalue weighted by atomic mass is 35.5. The molecular formula is C16H16ClN5O. The fourth-order valence-corrected chi connectivity index (χ4v) is 2.17. The standard InChI is InChI=1S/C16H15N5O.ClH/c1-10(18-2)15(22)20-16-19-13-7-6-11(9-17)8-14(13)21(16)12-4-3-5-12;/h3-8,10,18H,1-2H3,(H,19,20,22);1H/t10-;/m1./s1. The Bertz CT molecular complexity index is 859. The molecule has 0 unspecified atom stereocenters. The molecule has 1 aromatic carbocycles. The summed E-state index contributed by atoms with van der Waals surface area (Å²) in [6.07, 6.45) is 5.77. The Morgan fingerprint density at radius 3 is 2.74 bits per heavy atom. The first-order valence-electron chi connectivity index (χ1n) is 6.93. The first kappa shape index (κ1) is 16.7. The molecule has 6 nitrogen and oxygen atoms in total. The number of nitrogens with zero attached hydrogens (tertiary/aromatic N) is 3. The van der Waals surface area contributed by atoms with Gasteiger partial charge in [-0.3, -0.25) is 14.7 Å². The molecule has 1 amide bonds. The SMILES string of the molecule is CN[C@H](C)C(=O)Nc1nc2ccc(C#N)cc2n1C1=CC=C1.Cl. The van der Waals surface area contributed by atoms with Gasteiger partial charge in [0, 0.05) is 5.70 Å². The van der Waals surface area contributed by atoms with Crippen molar-refractivity contribution in [2.45, 2.75) is 13.0 Å². The van der Waals surface area contributed by atoms with Crippen molar-refractivity contribution in [1.29, 1.82) is 5.26 Å². The van der Waals surface area contributed by atoms with Gasteiger partial charge in [-0.2, -0.15) is 5.26 Å². The van der Waals surface area contributed by atoms with Crippen molar-refractivity contribution in [3.8, 4) is 6.07 Å². The van der Waals surface area contributed by atoms with Gasteiger partial charge in [0.25, 0.3) is 0 Å². The van der Waals surface area contributed by atoms with Crippen LogP contribution in [-0.4, -0.2) is 28.5 Å². The lowest BCUT2D eigenvalue weighted by atomic mass is 10.2. The Morgan fingerprint density at radius 2 is 2.17 bits per heavy atom. The zero-order valence-electron chi connectivity index (χ0n) is 12.7. The fraction of sp³-hybridized carbons (Fsp3) is 0.188. The first-order valence-corrected chi connectivity index (χ1v) is 6.93. The van der Waals surface area contributed by atoms with E-state index in [0.717, 1.165) is 16.7 Å². The number of rotatable bonds is 4. The van der Waals surface area contributed by atoms with Crippen molar-refractivity contribution in [2.24, 2.45) is 0 Å². The summed E-state index contributed by atoms with van der Waals surface area (Å²) in [7, 11) is 1.73. The molecule has 1 aliphatic rings. The normalized spacial score (nSPS) is 13.5. The van der Waals surface area contributed by atoms with Gasteiger partial charge in [0.15, 0.2) is 0 Å². The maximum Gasteiger partial charge on any atom is 0.243 e. The number of aromatic nitrogens is 2. The number of hydrogen-bond donors (Lipinski definition) is 2. The minimum Gasteiger partial charge on any atom is -0.309 e. The van der Waals surface area contributed by atoms with E-state index in [-0.39, 0.29) is 24.4 Å². The summed E-state index contributed by atoms with van der Waals surface area (Å²) in [5, 5.41) is 14.8. The topological polar surface area (TPSA) is 82.7 Å². The van der Waals surface area contributed by atoms with Crippen LogP contribution in [-0.2, 0) is 4.79 Å². The predicted molar refractivity (Wildman–Crippen MR) is 92.3 cm³/mol. The van der Waals surface area contributed by atoms with Crippen molar-refractivity contribution in [1.82, 2.24) is 14.9 Å². The number of imidazole rings is 1. The van der Waals surface area contributed by atoms with Crippen LogP contribution >= 0.6 is 12.4 Å². The molecule has 7 heteroatoms. The summed E-state index contributed by atoms with van der Waals surface area (Å²) < 4.78 is 1.84. The molecule has 0 spiro atoms. The van der Waals surface area contributed by atoms with Crippen LogP contribution in [0.5, 0.6) is 0 Å². The number of nitrogens with one attached hydrogen (secondary N) is 2. The quantitative estimate of drug-likeness (QED) is 0.901. The summed E-state index contributed by atoms with van der Waals surface area (Å²) in [5.41, 5.74) is 3.00. The van der Waals surface area contributed by atoms with Crippen LogP contribution in [0.3, 0.4) is 0 Å². The number of allylic oxidation sites excluding steroid dienone is 4. The molecule has 2 aromatic rings. The van der Waals surface area contributed by atoms with E-state index in [1.807, 2.05) is 22.8 Å². The second-order valence-electron chi connectivity index (χ2n) is 5.04. The van der Waals surface area contributed by atoms with Crippen LogP contribution in [0, 0.1) is 11.3 Å². The highest BCUT2D eigenvalue weighted by molar-refractivity contribution is 5.97. The zero-order chi connectivity index (χ0) is 15.7. The molecule has 0 aliphatic heterocycles. The Morgan fingerprint density at radius 1 is 1.43 bits per heavy atom. The maximum absolute atomic E-state index is 12.1. The van der Waals surface area contributed by atoms with E-state index in [1.165, 1.54) is 0 Å². The number of likely N-dealkylation sites (N-methyl/N-ethyl adjacent to an activating group) is 1. The molecular weight excluding hydrogens is 314 g/mol. The van der Waals surface area contributed by atoms with E-state index in [4.69, 9.17) is 5.26 Å². The number of hydrogen-bond acceptors (Lipinski definition) is 4. The van der Waals surface area contributed by atoms with E-state index in [1.54, 1.807) is 32.2 Å². The third kappa shape index (κ3) is 2.97. The van der Waals surface area contributed by atoms with Gasteiger partial charge in [-0.15, -0.1) is 12.4 Å². The average Bonchev–Trinajstić information content (AvgIpc) is 2.82. The number of fused-ring (bicyclic) bond motifs is 1. The summed E-state index contributed by atoms with van der Waals surface area (Å²) in [6.45, 7) is 1.78. The Balaban J connectivity index is 0.00000192. The molecule has 1 aromatic heterocycles. The van der Waals surface area contributed by atoms with Gasteiger partial charge in [0.05, 0.1) is 28.7 Å². The van der Waals surface area contributed by atoms with Crippen LogP contribution in [0.15, 0.2) is 36.4 Å². The fourth-order valence-electron chi connectivity index (χ4n) is 2.17. The lowest BCUT2D eigenvalue weighted by Gasteiger charge is -2.15. The number of benzene rings is 1. The Hall–Kier alpha value is -2.62. The highest BCUT2D eigenvalue weighted by Gasteiger charge is 2.19. The predicted octanol–water partition coefficient (Wildman–Crippen LogP) is 2.29. The van der Waals surface area contributed by atoms with Gasteiger partial charge in [-0.25, -0.2) is 4.98 Å². The number of anilines is 1. The van der Waals surface area contributed by atoms with E-state index in [9.17, 15) is 4.79 Å². The van der Waals surface area contributed by atoms with Gasteiger partial charge in [0.1, 0.15) is 0 Å². The lowest BCUT2D eigenvalue weighted by molar-refractivity contribution is -0.117. The molecule has 0 bridgehead atoms. The van der Waals surface area contributed by atoms with E-state index in [2.05, 4.69) is 21.7 Å². The van der Waals surface area contributed by atoms with Crippen LogP contribution in [0.4, 0.5) is 5.95 Å². The zero-order valence-corrected chi connectivity index (χ0v) is 13.5. The third-order valence-corrected chi connectivity index (χ3v) is 3.64. The van der Waals surface area contributed by atoms with Crippen LogP contribution in [0.25, 0.3) is 16.7 Å². The Labute approximate surface area is 139 Å². The van der Waals surface area contributed by atoms with Gasteiger partial charge in [0.2, 0.25) is 11.9 Å². The van der Waals surface area contributed by atoms with E-state index >= 15 is 0 Å². The highest BCUT2D eigenvalue weighted by Crippen LogP contribution is 2.28. The number of halogens is 1. The number of amides is 1. The largest absolute Gasteiger partial charge is 0.309 e. The molecule has 0 radical (unpaired) electrons. The number of carbonyl (C=O) groups is 1. The minimum absolute atomic E-state index is 0. The summed E-state index contributed by atoms with van der Waals surface area (Å²) >= 11 is 0. The van der Waals surface area contributed by atoms with Crippen molar-refractivity contribution < 1.29 is 4.79 Å². The second kappa shape index (κ2) is 6.65. The van der Waals surface area contributed by atoms with Gasteiger partial charge >= 0.3 is 0 Å². The molecule has 0 saturated carbocycles. The first-order chi connectivity index (χ1) is 10.6. The van der Waals surface area contributed by atoms with Crippen LogP contribution in [0.2, 0.25) is 0 Å². The third-order valence-electron chi connectivity index (χ3n) is 3.64. The summed E-state index contributed by atoms with van der Waals surface area (Å²) in [4.78, 5) is 16.6. The number of nitriles is 1. The maximum atomic E-state index is 12.1. The number of carbonyl (C=O) groups excluding carboxylic acids is 1. The van der Waals surface area contributed by atoms with Crippen LogP contribution in [0.1, 0.15) is 12.5 Å². The molecule has 2 N–H and O–H groups in total. The Kier molecular flexibility index (Phi) is 4.84. The molecule has 1 aliphatic carbocycles. The van der Waals surface area contributed by atoms with Crippen molar-refractivity contribution in [3.63, 3.8) is 0 Å². The molecule has 0 saturated heterocycles. The molecule has 3 rings (SSSR count). The molecule has 0 fully saturated rings. The van der Waals surface area contributed by atoms with Gasteiger partial charge in [-0.05, 0) is 44.3 Å². The second-order valence-corrected chi connectivity index (χ2v) is 5.04. The summed E-state index contributed by atoms with van der Waals surface area (Å²) in [5.74, 6) is 0.288. The van der Waals surface area contributed by atoms with Gasteiger partial charge in [-0.1, -0.05) is 6.08 Å². The van der Waals surface area contributed by atoms with E-state index in [0.29, 0.717) is 11.5 Å². The van der Waals surface area contributed by atoms with Gasteiger partial charge < -0.3 is 5.32 Å². The summed E-state index contributed by atoms with van der Waals surface area (Å²) in [6, 6.07) is 7.06. The minimum atomic E-state index is -0.325.